The van der Waals surface area contributed by atoms with Crippen LogP contribution < -0.4 is 5.32 Å². The Hall–Kier alpha value is -1.40. The quantitative estimate of drug-likeness (QED) is 0.875. The number of carbonyl (C=O) groups is 1. The topological polar surface area (TPSA) is 66.5 Å². The fraction of sp³-hybridized carbons (Fsp3) is 0.562. The third kappa shape index (κ3) is 3.67. The first-order chi connectivity index (χ1) is 10.5. The number of benzene rings is 1. The van der Waals surface area contributed by atoms with Crippen molar-refractivity contribution in [1.82, 2.24) is 4.31 Å². The molecule has 122 valence electrons. The number of hydrogen-bond donors (Lipinski definition) is 1. The van der Waals surface area contributed by atoms with Gasteiger partial charge in [0.15, 0.2) is 0 Å². The van der Waals surface area contributed by atoms with Gasteiger partial charge in [-0.1, -0.05) is 32.8 Å². The van der Waals surface area contributed by atoms with Crippen molar-refractivity contribution in [2.45, 2.75) is 44.4 Å². The van der Waals surface area contributed by atoms with Crippen molar-refractivity contribution >= 4 is 21.6 Å². The van der Waals surface area contributed by atoms with Crippen molar-refractivity contribution in [3.8, 4) is 0 Å². The molecule has 1 saturated carbocycles. The minimum Gasteiger partial charge on any atom is -0.326 e. The molecule has 6 heteroatoms. The number of nitrogens with one attached hydrogen (secondary N) is 1. The van der Waals surface area contributed by atoms with Gasteiger partial charge in [-0.25, -0.2) is 8.42 Å². The van der Waals surface area contributed by atoms with Crippen molar-refractivity contribution in [1.29, 1.82) is 0 Å². The Bertz CT molecular complexity index is 618. The summed E-state index contributed by atoms with van der Waals surface area (Å²) in [6, 6.07) is 6.51. The molecule has 2 rings (SSSR count). The molecular weight excluding hydrogens is 300 g/mol. The van der Waals surface area contributed by atoms with Crippen molar-refractivity contribution in [3.63, 3.8) is 0 Å². The van der Waals surface area contributed by atoms with Gasteiger partial charge in [0.05, 0.1) is 4.90 Å². The lowest BCUT2D eigenvalue weighted by molar-refractivity contribution is -0.119. The summed E-state index contributed by atoms with van der Waals surface area (Å²) in [5, 5.41) is 2.85. The zero-order chi connectivity index (χ0) is 16.2. The highest BCUT2D eigenvalue weighted by Crippen LogP contribution is 2.26. The largest absolute Gasteiger partial charge is 0.326 e. The third-order valence-corrected chi connectivity index (χ3v) is 6.22. The van der Waals surface area contributed by atoms with E-state index in [0.29, 0.717) is 18.8 Å². The van der Waals surface area contributed by atoms with Crippen LogP contribution in [0.25, 0.3) is 0 Å². The number of sulfonamides is 1. The molecule has 1 fully saturated rings. The molecule has 0 aromatic heterocycles. The van der Waals surface area contributed by atoms with Crippen LogP contribution in [-0.2, 0) is 14.8 Å². The lowest BCUT2D eigenvalue weighted by Crippen LogP contribution is -2.30. The first-order valence-corrected chi connectivity index (χ1v) is 9.34. The summed E-state index contributed by atoms with van der Waals surface area (Å²) in [6.07, 6.45) is 4.02. The fourth-order valence-electron chi connectivity index (χ4n) is 2.88. The van der Waals surface area contributed by atoms with E-state index in [4.69, 9.17) is 0 Å². The summed E-state index contributed by atoms with van der Waals surface area (Å²) >= 11 is 0. The zero-order valence-electron chi connectivity index (χ0n) is 13.2. The Morgan fingerprint density at radius 3 is 2.45 bits per heavy atom. The predicted octanol–water partition coefficient (Wildman–Crippen LogP) is 2.85. The van der Waals surface area contributed by atoms with Crippen LogP contribution in [0.5, 0.6) is 0 Å². The Balaban J connectivity index is 2.17. The molecule has 22 heavy (non-hydrogen) atoms. The van der Waals surface area contributed by atoms with Crippen LogP contribution in [0.3, 0.4) is 0 Å². The highest BCUT2D eigenvalue weighted by Gasteiger charge is 2.24. The Labute approximate surface area is 132 Å². The van der Waals surface area contributed by atoms with Crippen LogP contribution >= 0.6 is 0 Å². The molecule has 1 aliphatic carbocycles. The second-order valence-electron chi connectivity index (χ2n) is 5.59. The number of anilines is 1. The van der Waals surface area contributed by atoms with Crippen LogP contribution in [0.2, 0.25) is 0 Å². The molecular formula is C16H24N2O3S. The van der Waals surface area contributed by atoms with E-state index in [-0.39, 0.29) is 16.7 Å². The van der Waals surface area contributed by atoms with Gasteiger partial charge in [-0.3, -0.25) is 4.79 Å². The molecule has 0 aliphatic heterocycles. The van der Waals surface area contributed by atoms with Crippen LogP contribution in [0.15, 0.2) is 29.2 Å². The summed E-state index contributed by atoms with van der Waals surface area (Å²) in [6.45, 7) is 4.48. The molecule has 0 radical (unpaired) electrons. The van der Waals surface area contributed by atoms with E-state index in [1.807, 2.05) is 13.8 Å². The van der Waals surface area contributed by atoms with Gasteiger partial charge in [0, 0.05) is 24.7 Å². The maximum Gasteiger partial charge on any atom is 0.243 e. The first-order valence-electron chi connectivity index (χ1n) is 7.90. The zero-order valence-corrected chi connectivity index (χ0v) is 14.0. The summed E-state index contributed by atoms with van der Waals surface area (Å²) in [5.74, 6) is 0.0536. The lowest BCUT2D eigenvalue weighted by atomic mass is 10.1. The Kier molecular flexibility index (Phi) is 5.58. The van der Waals surface area contributed by atoms with E-state index in [0.717, 1.165) is 25.7 Å². The standard InChI is InChI=1S/C16H24N2O3S/c1-3-18(4-2)22(20,21)15-11-7-10-14(12-15)17-16(19)13-8-5-6-9-13/h7,10-13H,3-6,8-9H2,1-2H3,(H,17,19). The van der Waals surface area contributed by atoms with E-state index in [1.54, 1.807) is 24.3 Å². The second-order valence-corrected chi connectivity index (χ2v) is 7.53. The van der Waals surface area contributed by atoms with Gasteiger partial charge in [-0.15, -0.1) is 0 Å². The molecule has 0 unspecified atom stereocenters. The molecule has 0 spiro atoms. The summed E-state index contributed by atoms with van der Waals surface area (Å²) in [5.41, 5.74) is 0.546. The summed E-state index contributed by atoms with van der Waals surface area (Å²) < 4.78 is 26.4. The molecule has 1 amide bonds. The summed E-state index contributed by atoms with van der Waals surface area (Å²) in [4.78, 5) is 12.4. The average molecular weight is 324 g/mol. The van der Waals surface area contributed by atoms with Crippen molar-refractivity contribution in [2.75, 3.05) is 18.4 Å². The normalized spacial score (nSPS) is 16.1. The molecule has 0 atom stereocenters. The van der Waals surface area contributed by atoms with E-state index in [9.17, 15) is 13.2 Å². The average Bonchev–Trinajstić information content (AvgIpc) is 3.03. The molecule has 0 bridgehead atoms. The van der Waals surface area contributed by atoms with Gasteiger partial charge >= 0.3 is 0 Å². The Morgan fingerprint density at radius 1 is 1.23 bits per heavy atom. The van der Waals surface area contributed by atoms with Crippen molar-refractivity contribution in [3.05, 3.63) is 24.3 Å². The first kappa shape index (κ1) is 17.0. The van der Waals surface area contributed by atoms with Crippen molar-refractivity contribution < 1.29 is 13.2 Å². The predicted molar refractivity (Wildman–Crippen MR) is 87.1 cm³/mol. The molecule has 1 N–H and O–H groups in total. The lowest BCUT2D eigenvalue weighted by Gasteiger charge is -2.19. The third-order valence-electron chi connectivity index (χ3n) is 4.17. The summed E-state index contributed by atoms with van der Waals surface area (Å²) in [7, 11) is -3.50. The monoisotopic (exact) mass is 324 g/mol. The highest BCUT2D eigenvalue weighted by molar-refractivity contribution is 7.89. The van der Waals surface area contributed by atoms with E-state index >= 15 is 0 Å². The Morgan fingerprint density at radius 2 is 1.86 bits per heavy atom. The smallest absolute Gasteiger partial charge is 0.243 e. The minimum atomic E-state index is -3.50. The molecule has 1 aromatic rings. The molecule has 5 nitrogen and oxygen atoms in total. The van der Waals surface area contributed by atoms with Gasteiger partial charge in [0.2, 0.25) is 15.9 Å². The van der Waals surface area contributed by atoms with Crippen molar-refractivity contribution in [2.24, 2.45) is 5.92 Å². The highest BCUT2D eigenvalue weighted by atomic mass is 32.2. The van der Waals surface area contributed by atoms with E-state index in [2.05, 4.69) is 5.32 Å². The van der Waals surface area contributed by atoms with Crippen LogP contribution in [-0.4, -0.2) is 31.7 Å². The van der Waals surface area contributed by atoms with E-state index < -0.39 is 10.0 Å². The minimum absolute atomic E-state index is 0.00473. The molecule has 0 saturated heterocycles. The van der Waals surface area contributed by atoms with E-state index in [1.165, 1.54) is 4.31 Å². The molecule has 1 aromatic carbocycles. The fourth-order valence-corrected chi connectivity index (χ4v) is 4.38. The van der Waals surface area contributed by atoms with Gasteiger partial charge in [0.1, 0.15) is 0 Å². The van der Waals surface area contributed by atoms with Gasteiger partial charge in [0.25, 0.3) is 0 Å². The SMILES string of the molecule is CCN(CC)S(=O)(=O)c1cccc(NC(=O)C2CCCC2)c1. The van der Waals surface area contributed by atoms with Gasteiger partial charge < -0.3 is 5.32 Å². The van der Waals surface area contributed by atoms with Gasteiger partial charge in [-0.05, 0) is 31.0 Å². The van der Waals surface area contributed by atoms with Crippen LogP contribution in [0.4, 0.5) is 5.69 Å². The van der Waals surface area contributed by atoms with Crippen LogP contribution in [0.1, 0.15) is 39.5 Å². The van der Waals surface area contributed by atoms with Crippen LogP contribution in [0, 0.1) is 5.92 Å². The molecule has 0 heterocycles. The maximum atomic E-state index is 12.5. The number of nitrogens with zero attached hydrogens (tertiary/aromatic N) is 1. The van der Waals surface area contributed by atoms with Gasteiger partial charge in [-0.2, -0.15) is 4.31 Å². The number of hydrogen-bond acceptors (Lipinski definition) is 3. The number of carbonyl (C=O) groups excluding carboxylic acids is 1. The molecule has 1 aliphatic rings. The second kappa shape index (κ2) is 7.24. The number of rotatable bonds is 6. The number of amides is 1. The maximum absolute atomic E-state index is 12.5.